The predicted octanol–water partition coefficient (Wildman–Crippen LogP) is 3.92. The third kappa shape index (κ3) is 2.75. The smallest absolute Gasteiger partial charge is 0.227 e. The highest BCUT2D eigenvalue weighted by molar-refractivity contribution is 7.10. The molecule has 2 heterocycles. The zero-order valence-corrected chi connectivity index (χ0v) is 13.9. The van der Waals surface area contributed by atoms with E-state index in [0.29, 0.717) is 5.92 Å². The molecule has 1 saturated heterocycles. The highest BCUT2D eigenvalue weighted by Crippen LogP contribution is 2.43. The molecule has 4 heteroatoms. The lowest BCUT2D eigenvalue weighted by atomic mass is 9.73. The number of hydrogen-bond acceptors (Lipinski definition) is 3. The minimum Gasteiger partial charge on any atom is -0.497 e. The van der Waals surface area contributed by atoms with E-state index >= 15 is 0 Å². The molecule has 2 aromatic rings. The topological polar surface area (TPSA) is 38.3 Å². The lowest BCUT2D eigenvalue weighted by Crippen LogP contribution is -2.54. The lowest BCUT2D eigenvalue weighted by Gasteiger charge is -2.42. The van der Waals surface area contributed by atoms with E-state index in [1.807, 2.05) is 24.3 Å². The van der Waals surface area contributed by atoms with Crippen LogP contribution in [0.15, 0.2) is 41.8 Å². The van der Waals surface area contributed by atoms with Gasteiger partial charge in [-0.25, -0.2) is 0 Å². The van der Waals surface area contributed by atoms with Crippen molar-refractivity contribution in [3.63, 3.8) is 0 Å². The van der Waals surface area contributed by atoms with Gasteiger partial charge >= 0.3 is 0 Å². The number of hydrogen-bond donors (Lipinski definition) is 1. The number of carbonyl (C=O) groups excluding carboxylic acids is 1. The monoisotopic (exact) mass is 315 g/mol. The first-order valence-electron chi connectivity index (χ1n) is 7.50. The van der Waals surface area contributed by atoms with Gasteiger partial charge in [0.15, 0.2) is 0 Å². The van der Waals surface area contributed by atoms with Crippen molar-refractivity contribution < 1.29 is 9.53 Å². The number of ether oxygens (including phenoxy) is 1. The van der Waals surface area contributed by atoms with E-state index in [1.54, 1.807) is 18.4 Å². The van der Waals surface area contributed by atoms with Crippen LogP contribution in [0.2, 0.25) is 0 Å². The van der Waals surface area contributed by atoms with Gasteiger partial charge in [-0.2, -0.15) is 0 Å². The van der Waals surface area contributed by atoms with Gasteiger partial charge in [0, 0.05) is 16.3 Å². The van der Waals surface area contributed by atoms with Crippen LogP contribution in [0.3, 0.4) is 0 Å². The van der Waals surface area contributed by atoms with Gasteiger partial charge in [0.05, 0.1) is 13.0 Å². The van der Waals surface area contributed by atoms with E-state index < -0.39 is 0 Å². The van der Waals surface area contributed by atoms with Crippen LogP contribution in [0.25, 0.3) is 0 Å². The maximum Gasteiger partial charge on any atom is 0.227 e. The summed E-state index contributed by atoms with van der Waals surface area (Å²) < 4.78 is 5.20. The molecule has 0 aliphatic carbocycles. The number of benzene rings is 1. The first kappa shape index (κ1) is 15.1. The van der Waals surface area contributed by atoms with Gasteiger partial charge in [-0.1, -0.05) is 18.2 Å². The van der Waals surface area contributed by atoms with Crippen molar-refractivity contribution in [2.24, 2.45) is 0 Å². The number of rotatable bonds is 3. The van der Waals surface area contributed by atoms with Crippen LogP contribution < -0.4 is 10.1 Å². The quantitative estimate of drug-likeness (QED) is 0.932. The van der Waals surface area contributed by atoms with Crippen molar-refractivity contribution in [1.82, 2.24) is 5.32 Å². The zero-order valence-electron chi connectivity index (χ0n) is 13.1. The molecule has 2 unspecified atom stereocenters. The Kier molecular flexibility index (Phi) is 3.96. The molecule has 116 valence electrons. The molecule has 1 aromatic carbocycles. The SMILES string of the molecule is COc1ccc(C2CC(c3cccs3)C(C)(C)NC2=O)cc1. The summed E-state index contributed by atoms with van der Waals surface area (Å²) in [6, 6.07) is 12.1. The molecule has 0 spiro atoms. The highest BCUT2D eigenvalue weighted by Gasteiger charge is 2.42. The normalized spacial score (nSPS) is 23.9. The zero-order chi connectivity index (χ0) is 15.7. The largest absolute Gasteiger partial charge is 0.497 e. The summed E-state index contributed by atoms with van der Waals surface area (Å²) >= 11 is 1.76. The fraction of sp³-hybridized carbons (Fsp3) is 0.389. The second kappa shape index (κ2) is 5.76. The van der Waals surface area contributed by atoms with Crippen LogP contribution in [-0.2, 0) is 4.79 Å². The summed E-state index contributed by atoms with van der Waals surface area (Å²) in [5.41, 5.74) is 0.834. The van der Waals surface area contributed by atoms with Crippen molar-refractivity contribution in [2.75, 3.05) is 7.11 Å². The van der Waals surface area contributed by atoms with E-state index in [9.17, 15) is 4.79 Å². The molecule has 22 heavy (non-hydrogen) atoms. The number of carbonyl (C=O) groups is 1. The number of methoxy groups -OCH3 is 1. The molecule has 2 atom stereocenters. The van der Waals surface area contributed by atoms with Crippen LogP contribution in [0, 0.1) is 0 Å². The first-order chi connectivity index (χ1) is 10.5. The lowest BCUT2D eigenvalue weighted by molar-refractivity contribution is -0.127. The molecule has 0 saturated carbocycles. The molecule has 1 fully saturated rings. The Hall–Kier alpha value is -1.81. The second-order valence-electron chi connectivity index (χ2n) is 6.34. The van der Waals surface area contributed by atoms with E-state index in [2.05, 4.69) is 36.7 Å². The predicted molar refractivity (Wildman–Crippen MR) is 89.6 cm³/mol. The standard InChI is InChI=1S/C18H21NO2S/c1-18(2)15(16-5-4-10-22-16)11-14(17(20)19-18)12-6-8-13(21-3)9-7-12/h4-10,14-15H,11H2,1-3H3,(H,19,20). The molecule has 1 aliphatic heterocycles. The van der Waals surface area contributed by atoms with Gasteiger partial charge < -0.3 is 10.1 Å². The summed E-state index contributed by atoms with van der Waals surface area (Å²) in [6.45, 7) is 4.22. The van der Waals surface area contributed by atoms with Gasteiger partial charge in [-0.05, 0) is 49.4 Å². The number of nitrogens with one attached hydrogen (secondary N) is 1. The number of piperidine rings is 1. The second-order valence-corrected chi connectivity index (χ2v) is 7.32. The molecule has 1 aliphatic rings. The molecule has 0 bridgehead atoms. The summed E-state index contributed by atoms with van der Waals surface area (Å²) in [4.78, 5) is 13.9. The number of amides is 1. The van der Waals surface area contributed by atoms with E-state index in [1.165, 1.54) is 4.88 Å². The molecular weight excluding hydrogens is 294 g/mol. The van der Waals surface area contributed by atoms with E-state index in [4.69, 9.17) is 4.74 Å². The molecule has 1 aromatic heterocycles. The van der Waals surface area contributed by atoms with Gasteiger partial charge in [0.1, 0.15) is 5.75 Å². The fourth-order valence-electron chi connectivity index (χ4n) is 3.21. The first-order valence-corrected chi connectivity index (χ1v) is 8.38. The van der Waals surface area contributed by atoms with Gasteiger partial charge in [0.2, 0.25) is 5.91 Å². The Morgan fingerprint density at radius 3 is 2.55 bits per heavy atom. The summed E-state index contributed by atoms with van der Waals surface area (Å²) in [6.07, 6.45) is 0.839. The van der Waals surface area contributed by atoms with Crippen molar-refractivity contribution in [3.8, 4) is 5.75 Å². The van der Waals surface area contributed by atoms with Crippen LogP contribution in [0.5, 0.6) is 5.75 Å². The van der Waals surface area contributed by atoms with Crippen molar-refractivity contribution in [3.05, 3.63) is 52.2 Å². The van der Waals surface area contributed by atoms with Crippen LogP contribution >= 0.6 is 11.3 Å². The number of thiophene rings is 1. The molecular formula is C18H21NO2S. The van der Waals surface area contributed by atoms with Crippen molar-refractivity contribution in [2.45, 2.75) is 37.6 Å². The Labute approximate surface area is 135 Å². The van der Waals surface area contributed by atoms with Crippen LogP contribution in [-0.4, -0.2) is 18.6 Å². The molecule has 1 amide bonds. The van der Waals surface area contributed by atoms with E-state index in [0.717, 1.165) is 17.7 Å². The molecule has 3 nitrogen and oxygen atoms in total. The fourth-order valence-corrected chi connectivity index (χ4v) is 4.24. The van der Waals surface area contributed by atoms with Gasteiger partial charge in [-0.3, -0.25) is 4.79 Å². The Morgan fingerprint density at radius 2 is 1.95 bits per heavy atom. The Bertz CT molecular complexity index is 646. The van der Waals surface area contributed by atoms with E-state index in [-0.39, 0.29) is 17.4 Å². The summed E-state index contributed by atoms with van der Waals surface area (Å²) in [5, 5.41) is 5.31. The van der Waals surface area contributed by atoms with Gasteiger partial charge in [0.25, 0.3) is 0 Å². The maximum absolute atomic E-state index is 12.5. The third-order valence-corrected chi connectivity index (χ3v) is 5.50. The minimum absolute atomic E-state index is 0.106. The van der Waals surface area contributed by atoms with Gasteiger partial charge in [-0.15, -0.1) is 11.3 Å². The average Bonchev–Trinajstić information content (AvgIpc) is 3.00. The Balaban J connectivity index is 1.90. The van der Waals surface area contributed by atoms with Crippen molar-refractivity contribution in [1.29, 1.82) is 0 Å². The molecule has 1 N–H and O–H groups in total. The minimum atomic E-state index is -0.217. The Morgan fingerprint density at radius 1 is 1.23 bits per heavy atom. The molecule has 3 rings (SSSR count). The average molecular weight is 315 g/mol. The maximum atomic E-state index is 12.5. The highest BCUT2D eigenvalue weighted by atomic mass is 32.1. The third-order valence-electron chi connectivity index (χ3n) is 4.51. The molecule has 0 radical (unpaired) electrons. The van der Waals surface area contributed by atoms with Crippen LogP contribution in [0.1, 0.15) is 42.5 Å². The van der Waals surface area contributed by atoms with Crippen molar-refractivity contribution >= 4 is 17.2 Å². The summed E-state index contributed by atoms with van der Waals surface area (Å²) in [5.74, 6) is 1.15. The summed E-state index contributed by atoms with van der Waals surface area (Å²) in [7, 11) is 1.65. The van der Waals surface area contributed by atoms with Crippen LogP contribution in [0.4, 0.5) is 0 Å².